The summed E-state index contributed by atoms with van der Waals surface area (Å²) in [5, 5.41) is 20.3. The van der Waals surface area contributed by atoms with Crippen LogP contribution in [0.15, 0.2) is 0 Å². The molecule has 0 amide bonds. The summed E-state index contributed by atoms with van der Waals surface area (Å²) < 4.78 is 0. The highest BCUT2D eigenvalue weighted by Crippen LogP contribution is 2.89. The molecule has 0 aliphatic heterocycles. The predicted octanol–water partition coefficient (Wildman–Crippen LogP) is 5.80. The molecule has 160 valence electrons. The van der Waals surface area contributed by atoms with Crippen LogP contribution in [0.2, 0.25) is 0 Å². The molecule has 2 unspecified atom stereocenters. The van der Waals surface area contributed by atoms with Gasteiger partial charge >= 0.3 is 0 Å². The van der Waals surface area contributed by atoms with Gasteiger partial charge in [0.1, 0.15) is 0 Å². The Bertz CT molecular complexity index is 657. The van der Waals surface area contributed by atoms with Crippen molar-refractivity contribution in [2.24, 2.45) is 50.7 Å². The molecule has 9 atom stereocenters. The number of hydrogen-bond acceptors (Lipinski definition) is 2. The number of rotatable bonds is 3. The van der Waals surface area contributed by atoms with E-state index in [2.05, 4.69) is 34.6 Å². The smallest absolute Gasteiger partial charge is 0.0594 e. The molecule has 0 heterocycles. The molecule has 28 heavy (non-hydrogen) atoms. The monoisotopic (exact) mass is 388 g/mol. The first-order chi connectivity index (χ1) is 13.1. The first-order valence-electron chi connectivity index (χ1n) is 12.4. The molecule has 2 N–H and O–H groups in total. The van der Waals surface area contributed by atoms with Crippen molar-refractivity contribution in [2.75, 3.05) is 6.61 Å². The lowest BCUT2D eigenvalue weighted by Crippen LogP contribution is -2.57. The summed E-state index contributed by atoms with van der Waals surface area (Å²) in [4.78, 5) is 0. The van der Waals surface area contributed by atoms with E-state index in [1.807, 2.05) is 0 Å². The molecule has 2 heteroatoms. The van der Waals surface area contributed by atoms with Crippen molar-refractivity contribution >= 4 is 0 Å². The molecule has 5 fully saturated rings. The van der Waals surface area contributed by atoms with Crippen LogP contribution in [0.3, 0.4) is 0 Å². The second-order valence-corrected chi connectivity index (χ2v) is 13.0. The third-order valence-electron chi connectivity index (χ3n) is 12.4. The fourth-order valence-corrected chi connectivity index (χ4v) is 10.7. The van der Waals surface area contributed by atoms with E-state index in [1.54, 1.807) is 0 Å². The minimum absolute atomic E-state index is 0.0994. The summed E-state index contributed by atoms with van der Waals surface area (Å²) in [5.41, 5.74) is 2.18. The lowest BCUT2D eigenvalue weighted by Gasteiger charge is -2.63. The van der Waals surface area contributed by atoms with Gasteiger partial charge in [-0.05, 0) is 115 Å². The van der Waals surface area contributed by atoms with Crippen LogP contribution >= 0.6 is 0 Å². The molecule has 2 spiro atoms. The lowest BCUT2D eigenvalue weighted by atomic mass is 9.42. The molecule has 0 bridgehead atoms. The molecule has 2 nitrogen and oxygen atoms in total. The summed E-state index contributed by atoms with van der Waals surface area (Å²) in [6, 6.07) is 0. The van der Waals surface area contributed by atoms with Crippen LogP contribution in [0.1, 0.15) is 98.8 Å². The van der Waals surface area contributed by atoms with Gasteiger partial charge in [0.2, 0.25) is 0 Å². The maximum atomic E-state index is 10.8. The zero-order valence-corrected chi connectivity index (χ0v) is 19.1. The van der Waals surface area contributed by atoms with Crippen LogP contribution in [0.4, 0.5) is 0 Å². The standard InChI is InChI=1S/C26H44O2/c1-17(10-15-27)18-8-11-24(5)20-7-6-19-22(2,3)21(28)9-12-25(19)16-26(20,25)14-13-23(18,24)4/h17-21,27-28H,6-16H2,1-5H3/t17-,18-,19?,20?,21+,23-,24+,25-,26+/m1/s1. The first kappa shape index (κ1) is 19.9. The summed E-state index contributed by atoms with van der Waals surface area (Å²) >= 11 is 0. The van der Waals surface area contributed by atoms with Crippen LogP contribution in [-0.4, -0.2) is 22.9 Å². The van der Waals surface area contributed by atoms with E-state index in [0.717, 1.165) is 30.6 Å². The van der Waals surface area contributed by atoms with E-state index in [4.69, 9.17) is 0 Å². The highest BCUT2D eigenvalue weighted by molar-refractivity contribution is 5.30. The Hall–Kier alpha value is -0.0800. The van der Waals surface area contributed by atoms with Crippen molar-refractivity contribution < 1.29 is 10.2 Å². The van der Waals surface area contributed by atoms with Gasteiger partial charge in [-0.25, -0.2) is 0 Å². The highest BCUT2D eigenvalue weighted by atomic mass is 16.3. The van der Waals surface area contributed by atoms with E-state index in [9.17, 15) is 10.2 Å². The van der Waals surface area contributed by atoms with Crippen molar-refractivity contribution in [3.63, 3.8) is 0 Å². The van der Waals surface area contributed by atoms with Gasteiger partial charge in [-0.1, -0.05) is 34.6 Å². The van der Waals surface area contributed by atoms with Gasteiger partial charge in [0.15, 0.2) is 0 Å². The van der Waals surface area contributed by atoms with Gasteiger partial charge in [0.05, 0.1) is 6.10 Å². The quantitative estimate of drug-likeness (QED) is 0.641. The topological polar surface area (TPSA) is 40.5 Å². The van der Waals surface area contributed by atoms with Crippen LogP contribution in [0, 0.1) is 50.7 Å². The van der Waals surface area contributed by atoms with Crippen molar-refractivity contribution in [2.45, 2.75) is 105 Å². The van der Waals surface area contributed by atoms with E-state index in [0.29, 0.717) is 34.2 Å². The molecule has 5 aliphatic rings. The molecular formula is C26H44O2. The fourth-order valence-electron chi connectivity index (χ4n) is 10.7. The molecule has 0 aromatic rings. The predicted molar refractivity (Wildman–Crippen MR) is 114 cm³/mol. The molecule has 0 aromatic heterocycles. The minimum atomic E-state index is -0.100. The van der Waals surface area contributed by atoms with Gasteiger partial charge in [-0.3, -0.25) is 0 Å². The Labute approximate surface area is 172 Å². The Morgan fingerprint density at radius 1 is 0.821 bits per heavy atom. The number of aliphatic hydroxyl groups is 2. The summed E-state index contributed by atoms with van der Waals surface area (Å²) in [6.45, 7) is 12.8. The zero-order valence-electron chi connectivity index (χ0n) is 19.1. The zero-order chi connectivity index (χ0) is 20.2. The molecule has 5 rings (SSSR count). The van der Waals surface area contributed by atoms with Crippen molar-refractivity contribution in [3.8, 4) is 0 Å². The summed E-state index contributed by atoms with van der Waals surface area (Å²) in [7, 11) is 0. The van der Waals surface area contributed by atoms with Crippen LogP contribution in [-0.2, 0) is 0 Å². The van der Waals surface area contributed by atoms with Crippen molar-refractivity contribution in [1.82, 2.24) is 0 Å². The third-order valence-corrected chi connectivity index (χ3v) is 12.4. The average Bonchev–Trinajstić information content (AvgIpc) is 3.22. The molecule has 5 saturated carbocycles. The molecule has 0 radical (unpaired) electrons. The lowest BCUT2D eigenvalue weighted by molar-refractivity contribution is -0.161. The Kier molecular flexibility index (Phi) is 4.10. The highest BCUT2D eigenvalue weighted by Gasteiger charge is 2.82. The number of hydrogen-bond donors (Lipinski definition) is 2. The molecular weight excluding hydrogens is 344 g/mol. The number of aliphatic hydroxyl groups excluding tert-OH is 2. The normalized spacial score (nSPS) is 57.5. The summed E-state index contributed by atoms with van der Waals surface area (Å²) in [6.07, 6.45) is 13.0. The largest absolute Gasteiger partial charge is 0.396 e. The SMILES string of the molecule is C[C@H](CCO)[C@H]1CC[C@@]2(C)C3CCC4C(C)(C)[C@@H](O)CC[C@@]45C[C@@]35CC[C@]12C. The van der Waals surface area contributed by atoms with Crippen molar-refractivity contribution in [1.29, 1.82) is 0 Å². The van der Waals surface area contributed by atoms with Gasteiger partial charge in [0.25, 0.3) is 0 Å². The van der Waals surface area contributed by atoms with Gasteiger partial charge < -0.3 is 10.2 Å². The second kappa shape index (κ2) is 5.78. The van der Waals surface area contributed by atoms with Gasteiger partial charge in [-0.15, -0.1) is 0 Å². The second-order valence-electron chi connectivity index (χ2n) is 13.0. The van der Waals surface area contributed by atoms with E-state index >= 15 is 0 Å². The Morgan fingerprint density at radius 2 is 1.50 bits per heavy atom. The average molecular weight is 389 g/mol. The van der Waals surface area contributed by atoms with Crippen LogP contribution < -0.4 is 0 Å². The van der Waals surface area contributed by atoms with Crippen LogP contribution in [0.5, 0.6) is 0 Å². The number of fused-ring (bicyclic) bond motifs is 2. The maximum absolute atomic E-state index is 10.8. The fraction of sp³-hybridized carbons (Fsp3) is 1.00. The molecule has 0 aromatic carbocycles. The van der Waals surface area contributed by atoms with Crippen LogP contribution in [0.25, 0.3) is 0 Å². The summed E-state index contributed by atoms with van der Waals surface area (Å²) in [5.74, 6) is 3.07. The molecule has 5 aliphatic carbocycles. The van der Waals surface area contributed by atoms with E-state index in [1.165, 1.54) is 51.4 Å². The van der Waals surface area contributed by atoms with E-state index < -0.39 is 0 Å². The Balaban J connectivity index is 1.49. The first-order valence-corrected chi connectivity index (χ1v) is 12.4. The van der Waals surface area contributed by atoms with Gasteiger partial charge in [0, 0.05) is 6.61 Å². The van der Waals surface area contributed by atoms with E-state index in [-0.39, 0.29) is 11.5 Å². The third kappa shape index (κ3) is 2.04. The Morgan fingerprint density at radius 3 is 2.21 bits per heavy atom. The molecule has 0 saturated heterocycles. The minimum Gasteiger partial charge on any atom is -0.396 e. The maximum Gasteiger partial charge on any atom is 0.0594 e. The van der Waals surface area contributed by atoms with Gasteiger partial charge in [-0.2, -0.15) is 0 Å². The van der Waals surface area contributed by atoms with Crippen molar-refractivity contribution in [3.05, 3.63) is 0 Å².